The number of nitrogens with two attached hydrogens (primary N) is 1. The van der Waals surface area contributed by atoms with Gasteiger partial charge in [-0.2, -0.15) is 0 Å². The van der Waals surface area contributed by atoms with Crippen LogP contribution in [0.4, 0.5) is 0 Å². The molecule has 0 spiro atoms. The monoisotopic (exact) mass is 208 g/mol. The number of nitrogens with zero attached hydrogens (tertiary/aromatic N) is 1. The molecule has 0 aromatic heterocycles. The largest absolute Gasteiger partial charge is 0.330 e. The van der Waals surface area contributed by atoms with Crippen molar-refractivity contribution >= 4 is 9.84 Å². The summed E-state index contributed by atoms with van der Waals surface area (Å²) >= 11 is 0. The predicted octanol–water partition coefficient (Wildman–Crippen LogP) is -0.298. The zero-order valence-electron chi connectivity index (χ0n) is 8.49. The first-order valence-electron chi connectivity index (χ1n) is 4.61. The first kappa shape index (κ1) is 12.9. The normalized spacial score (nSPS) is 12.3. The topological polar surface area (TPSA) is 63.4 Å². The highest BCUT2D eigenvalue weighted by Crippen LogP contribution is 1.92. The van der Waals surface area contributed by atoms with E-state index < -0.39 is 9.84 Å². The third kappa shape index (κ3) is 6.98. The van der Waals surface area contributed by atoms with Gasteiger partial charge in [0.15, 0.2) is 9.84 Å². The quantitative estimate of drug-likeness (QED) is 0.624. The molecular formula is C8H20N2O2S. The molecule has 0 radical (unpaired) electrons. The van der Waals surface area contributed by atoms with Crippen LogP contribution in [0.5, 0.6) is 0 Å². The lowest BCUT2D eigenvalue weighted by molar-refractivity contribution is 0.350. The molecule has 80 valence electrons. The minimum Gasteiger partial charge on any atom is -0.330 e. The maximum atomic E-state index is 11.1. The van der Waals surface area contributed by atoms with Crippen molar-refractivity contribution in [1.29, 1.82) is 0 Å². The van der Waals surface area contributed by atoms with E-state index in [0.717, 1.165) is 13.0 Å². The van der Waals surface area contributed by atoms with Crippen molar-refractivity contribution in [3.05, 3.63) is 0 Å². The fourth-order valence-electron chi connectivity index (χ4n) is 0.912. The standard InChI is InChI=1S/C8H20N2O2S/c1-3-13(11,12)8-7-10(2)6-4-5-9/h3-9H2,1-2H3. The third-order valence-corrected chi connectivity index (χ3v) is 3.65. The van der Waals surface area contributed by atoms with E-state index >= 15 is 0 Å². The van der Waals surface area contributed by atoms with Crippen molar-refractivity contribution in [2.24, 2.45) is 5.73 Å². The number of rotatable bonds is 7. The number of sulfone groups is 1. The van der Waals surface area contributed by atoms with Crippen LogP contribution in [-0.4, -0.2) is 51.5 Å². The maximum absolute atomic E-state index is 11.1. The van der Waals surface area contributed by atoms with E-state index in [4.69, 9.17) is 5.73 Å². The van der Waals surface area contributed by atoms with Gasteiger partial charge in [-0.3, -0.25) is 0 Å². The van der Waals surface area contributed by atoms with E-state index in [2.05, 4.69) is 0 Å². The summed E-state index contributed by atoms with van der Waals surface area (Å²) in [5.41, 5.74) is 5.34. The summed E-state index contributed by atoms with van der Waals surface area (Å²) in [6.07, 6.45) is 0.919. The second kappa shape index (κ2) is 6.34. The van der Waals surface area contributed by atoms with Crippen molar-refractivity contribution < 1.29 is 8.42 Å². The zero-order valence-corrected chi connectivity index (χ0v) is 9.31. The molecule has 0 fully saturated rings. The molecule has 2 N–H and O–H groups in total. The molecule has 0 aromatic carbocycles. The van der Waals surface area contributed by atoms with Crippen LogP contribution < -0.4 is 5.73 Å². The van der Waals surface area contributed by atoms with Crippen LogP contribution in [-0.2, 0) is 9.84 Å². The average molecular weight is 208 g/mol. The molecule has 4 nitrogen and oxygen atoms in total. The number of hydrogen-bond acceptors (Lipinski definition) is 4. The predicted molar refractivity (Wildman–Crippen MR) is 55.5 cm³/mol. The Kier molecular flexibility index (Phi) is 6.28. The Morgan fingerprint density at radius 2 is 1.92 bits per heavy atom. The molecule has 0 bridgehead atoms. The Morgan fingerprint density at radius 1 is 1.31 bits per heavy atom. The Bertz CT molecular complexity index is 214. The maximum Gasteiger partial charge on any atom is 0.151 e. The molecule has 0 atom stereocenters. The Morgan fingerprint density at radius 3 is 2.38 bits per heavy atom. The third-order valence-electron chi connectivity index (χ3n) is 1.97. The highest BCUT2D eigenvalue weighted by molar-refractivity contribution is 7.91. The first-order valence-corrected chi connectivity index (χ1v) is 6.43. The van der Waals surface area contributed by atoms with E-state index in [-0.39, 0.29) is 11.5 Å². The highest BCUT2D eigenvalue weighted by Gasteiger charge is 2.08. The SMILES string of the molecule is CCS(=O)(=O)CCN(C)CCCN. The summed E-state index contributed by atoms with van der Waals surface area (Å²) in [6, 6.07) is 0. The second-order valence-electron chi connectivity index (χ2n) is 3.18. The summed E-state index contributed by atoms with van der Waals surface area (Å²) < 4.78 is 22.3. The Balaban J connectivity index is 3.63. The van der Waals surface area contributed by atoms with E-state index in [9.17, 15) is 8.42 Å². The fourth-order valence-corrected chi connectivity index (χ4v) is 1.79. The molecule has 0 aromatic rings. The molecule has 0 aliphatic carbocycles. The Hall–Kier alpha value is -0.130. The van der Waals surface area contributed by atoms with Gasteiger partial charge < -0.3 is 10.6 Å². The van der Waals surface area contributed by atoms with Crippen LogP contribution in [0.2, 0.25) is 0 Å². The van der Waals surface area contributed by atoms with Crippen LogP contribution in [0.15, 0.2) is 0 Å². The lowest BCUT2D eigenvalue weighted by atomic mass is 10.4. The van der Waals surface area contributed by atoms with Crippen LogP contribution in [0.1, 0.15) is 13.3 Å². The highest BCUT2D eigenvalue weighted by atomic mass is 32.2. The van der Waals surface area contributed by atoms with Crippen LogP contribution >= 0.6 is 0 Å². The van der Waals surface area contributed by atoms with Gasteiger partial charge in [-0.05, 0) is 26.6 Å². The van der Waals surface area contributed by atoms with Gasteiger partial charge in [0, 0.05) is 12.3 Å². The molecule has 0 saturated carbocycles. The first-order chi connectivity index (χ1) is 6.02. The van der Waals surface area contributed by atoms with E-state index in [1.807, 2.05) is 11.9 Å². The molecule has 0 heterocycles. The summed E-state index contributed by atoms with van der Waals surface area (Å²) in [6.45, 7) is 3.81. The van der Waals surface area contributed by atoms with E-state index in [0.29, 0.717) is 13.1 Å². The minimum atomic E-state index is -2.81. The summed E-state index contributed by atoms with van der Waals surface area (Å²) in [7, 11) is -0.895. The van der Waals surface area contributed by atoms with Crippen molar-refractivity contribution in [1.82, 2.24) is 4.90 Å². The van der Waals surface area contributed by atoms with Gasteiger partial charge in [0.2, 0.25) is 0 Å². The second-order valence-corrected chi connectivity index (χ2v) is 5.65. The van der Waals surface area contributed by atoms with Crippen molar-refractivity contribution in [2.45, 2.75) is 13.3 Å². The van der Waals surface area contributed by atoms with Crippen molar-refractivity contribution in [3.63, 3.8) is 0 Å². The molecule has 0 aliphatic rings. The molecule has 0 amide bonds. The molecule has 0 unspecified atom stereocenters. The molecule has 5 heteroatoms. The molecule has 0 saturated heterocycles. The summed E-state index contributed by atoms with van der Waals surface area (Å²) in [5, 5.41) is 0. The number of hydrogen-bond donors (Lipinski definition) is 1. The van der Waals surface area contributed by atoms with Gasteiger partial charge in [-0.15, -0.1) is 0 Å². The zero-order chi connectivity index (χ0) is 10.3. The van der Waals surface area contributed by atoms with Crippen LogP contribution in [0.25, 0.3) is 0 Å². The van der Waals surface area contributed by atoms with E-state index in [1.165, 1.54) is 0 Å². The molecule has 0 rings (SSSR count). The lowest BCUT2D eigenvalue weighted by Crippen LogP contribution is -2.28. The summed E-state index contributed by atoms with van der Waals surface area (Å²) in [5.74, 6) is 0.488. The van der Waals surface area contributed by atoms with Gasteiger partial charge in [-0.1, -0.05) is 6.92 Å². The smallest absolute Gasteiger partial charge is 0.151 e. The average Bonchev–Trinajstić information content (AvgIpc) is 2.11. The molecule has 0 aliphatic heterocycles. The van der Waals surface area contributed by atoms with Gasteiger partial charge in [-0.25, -0.2) is 8.42 Å². The van der Waals surface area contributed by atoms with Gasteiger partial charge in [0.05, 0.1) is 5.75 Å². The van der Waals surface area contributed by atoms with Gasteiger partial charge in [0.1, 0.15) is 0 Å². The van der Waals surface area contributed by atoms with Crippen LogP contribution in [0, 0.1) is 0 Å². The van der Waals surface area contributed by atoms with Crippen molar-refractivity contribution in [2.75, 3.05) is 38.2 Å². The van der Waals surface area contributed by atoms with Gasteiger partial charge >= 0.3 is 0 Å². The van der Waals surface area contributed by atoms with E-state index in [1.54, 1.807) is 6.92 Å². The fraction of sp³-hybridized carbons (Fsp3) is 1.00. The molecular weight excluding hydrogens is 188 g/mol. The van der Waals surface area contributed by atoms with Crippen molar-refractivity contribution in [3.8, 4) is 0 Å². The minimum absolute atomic E-state index is 0.234. The molecule has 13 heavy (non-hydrogen) atoms. The van der Waals surface area contributed by atoms with Crippen LogP contribution in [0.3, 0.4) is 0 Å². The summed E-state index contributed by atoms with van der Waals surface area (Å²) in [4.78, 5) is 2.00. The van der Waals surface area contributed by atoms with Gasteiger partial charge in [0.25, 0.3) is 0 Å². The Labute approximate surface area is 81.0 Å². The lowest BCUT2D eigenvalue weighted by Gasteiger charge is -2.15.